The zero-order valence-electron chi connectivity index (χ0n) is 11.9. The first-order valence-electron chi connectivity index (χ1n) is 6.79. The normalized spacial score (nSPS) is 35.1. The molecule has 2 aliphatic carbocycles. The fourth-order valence-electron chi connectivity index (χ4n) is 3.76. The lowest BCUT2D eigenvalue weighted by molar-refractivity contribution is -0.157. The van der Waals surface area contributed by atoms with Crippen LogP contribution in [0.1, 0.15) is 46.5 Å². The number of fused-ring (bicyclic) bond motifs is 2. The lowest BCUT2D eigenvalue weighted by Gasteiger charge is -2.38. The van der Waals surface area contributed by atoms with Crippen LogP contribution in [0.25, 0.3) is 0 Å². The number of hydrogen-bond donors (Lipinski definition) is 1. The fraction of sp³-hybridized carbons (Fsp3) is 0.733. The van der Waals surface area contributed by atoms with Gasteiger partial charge in [0.05, 0.1) is 6.42 Å². The molecule has 0 radical (unpaired) electrons. The molecule has 2 bridgehead atoms. The Labute approximate surface area is 113 Å². The van der Waals surface area contributed by atoms with Crippen molar-refractivity contribution in [1.29, 1.82) is 0 Å². The summed E-state index contributed by atoms with van der Waals surface area (Å²) >= 11 is 0. The van der Waals surface area contributed by atoms with E-state index in [-0.39, 0.29) is 28.9 Å². The van der Waals surface area contributed by atoms with E-state index in [0.717, 1.165) is 12.8 Å². The molecule has 2 rings (SSSR count). The van der Waals surface area contributed by atoms with Crippen molar-refractivity contribution < 1.29 is 19.4 Å². The van der Waals surface area contributed by atoms with E-state index in [9.17, 15) is 9.59 Å². The lowest BCUT2D eigenvalue weighted by Crippen LogP contribution is -2.38. The molecule has 2 saturated carbocycles. The van der Waals surface area contributed by atoms with Gasteiger partial charge >= 0.3 is 11.9 Å². The van der Waals surface area contributed by atoms with Gasteiger partial charge in [0.15, 0.2) is 0 Å². The summed E-state index contributed by atoms with van der Waals surface area (Å²) < 4.78 is 5.54. The van der Waals surface area contributed by atoms with E-state index in [1.165, 1.54) is 6.42 Å². The molecule has 1 N–H and O–H groups in total. The average Bonchev–Trinajstić information content (AvgIpc) is 2.61. The summed E-state index contributed by atoms with van der Waals surface area (Å²) in [6.07, 6.45) is 2.85. The van der Waals surface area contributed by atoms with Crippen LogP contribution >= 0.6 is 0 Å². The first-order valence-corrected chi connectivity index (χ1v) is 6.79. The van der Waals surface area contributed by atoms with Crippen molar-refractivity contribution in [2.24, 2.45) is 16.7 Å². The van der Waals surface area contributed by atoms with Crippen LogP contribution in [0, 0.1) is 16.7 Å². The first kappa shape index (κ1) is 14.1. The van der Waals surface area contributed by atoms with Gasteiger partial charge in [0, 0.05) is 11.0 Å². The van der Waals surface area contributed by atoms with Gasteiger partial charge in [-0.15, -0.1) is 0 Å². The molecule has 0 aromatic heterocycles. The molecule has 19 heavy (non-hydrogen) atoms. The number of carboxylic acid groups (broad SMARTS) is 1. The van der Waals surface area contributed by atoms with Gasteiger partial charge in [-0.3, -0.25) is 4.79 Å². The summed E-state index contributed by atoms with van der Waals surface area (Å²) in [5, 5.41) is 8.72. The molecule has 0 spiro atoms. The van der Waals surface area contributed by atoms with E-state index in [1.54, 1.807) is 0 Å². The molecule has 0 saturated heterocycles. The predicted molar refractivity (Wildman–Crippen MR) is 70.5 cm³/mol. The van der Waals surface area contributed by atoms with Gasteiger partial charge in [0.1, 0.15) is 6.10 Å². The van der Waals surface area contributed by atoms with Crippen molar-refractivity contribution >= 4 is 11.9 Å². The molecule has 2 fully saturated rings. The topological polar surface area (TPSA) is 63.6 Å². The summed E-state index contributed by atoms with van der Waals surface area (Å²) in [4.78, 5) is 22.5. The number of carbonyl (C=O) groups is 2. The minimum atomic E-state index is -1.14. The van der Waals surface area contributed by atoms with E-state index in [0.29, 0.717) is 5.92 Å². The minimum absolute atomic E-state index is 0.0118. The van der Waals surface area contributed by atoms with E-state index >= 15 is 0 Å². The van der Waals surface area contributed by atoms with Crippen LogP contribution in [0.15, 0.2) is 12.2 Å². The molecule has 0 aromatic carbocycles. The van der Waals surface area contributed by atoms with E-state index < -0.39 is 11.9 Å². The third-order valence-electron chi connectivity index (χ3n) is 5.65. The van der Waals surface area contributed by atoms with Crippen molar-refractivity contribution in [3.8, 4) is 0 Å². The van der Waals surface area contributed by atoms with Gasteiger partial charge in [0.25, 0.3) is 0 Å². The van der Waals surface area contributed by atoms with Crippen molar-refractivity contribution in [2.45, 2.75) is 52.6 Å². The molecular weight excluding hydrogens is 244 g/mol. The maximum atomic E-state index is 11.8. The molecule has 0 aliphatic heterocycles. The standard InChI is InChI=1S/C15H22O4/c1-9(13(17)18)7-12(16)19-11-8-10-5-6-15(11,4)14(10,2)3/h10-11H,1,5-8H2,2-4H3,(H,17,18). The van der Waals surface area contributed by atoms with E-state index in [1.807, 2.05) is 0 Å². The van der Waals surface area contributed by atoms with Crippen LogP contribution in [0.2, 0.25) is 0 Å². The van der Waals surface area contributed by atoms with Crippen molar-refractivity contribution in [3.63, 3.8) is 0 Å². The van der Waals surface area contributed by atoms with Gasteiger partial charge in [-0.05, 0) is 30.6 Å². The Kier molecular flexibility index (Phi) is 3.23. The predicted octanol–water partition coefficient (Wildman–Crippen LogP) is 2.78. The summed E-state index contributed by atoms with van der Waals surface area (Å²) in [5.41, 5.74) is 0.0807. The second-order valence-electron chi connectivity index (χ2n) is 6.67. The van der Waals surface area contributed by atoms with Crippen molar-refractivity contribution in [1.82, 2.24) is 0 Å². The van der Waals surface area contributed by atoms with Crippen LogP contribution in [0.5, 0.6) is 0 Å². The Balaban J connectivity index is 2.00. The Morgan fingerprint density at radius 2 is 2.00 bits per heavy atom. The van der Waals surface area contributed by atoms with Gasteiger partial charge in [-0.2, -0.15) is 0 Å². The average molecular weight is 266 g/mol. The maximum absolute atomic E-state index is 11.8. The molecule has 3 atom stereocenters. The number of carboxylic acids is 1. The fourth-order valence-corrected chi connectivity index (χ4v) is 3.76. The molecule has 106 valence electrons. The third-order valence-corrected chi connectivity index (χ3v) is 5.65. The van der Waals surface area contributed by atoms with Crippen LogP contribution in [0.4, 0.5) is 0 Å². The van der Waals surface area contributed by atoms with Gasteiger partial charge in [-0.1, -0.05) is 27.4 Å². The molecular formula is C15H22O4. The molecule has 0 aromatic rings. The monoisotopic (exact) mass is 266 g/mol. The smallest absolute Gasteiger partial charge is 0.331 e. The Morgan fingerprint density at radius 1 is 1.37 bits per heavy atom. The first-order chi connectivity index (χ1) is 8.68. The third kappa shape index (κ3) is 2.07. The van der Waals surface area contributed by atoms with Crippen molar-refractivity contribution in [2.75, 3.05) is 0 Å². The summed E-state index contributed by atoms with van der Waals surface area (Å²) in [6.45, 7) is 10.0. The van der Waals surface area contributed by atoms with Crippen LogP contribution in [0.3, 0.4) is 0 Å². The second kappa shape index (κ2) is 4.36. The minimum Gasteiger partial charge on any atom is -0.478 e. The summed E-state index contributed by atoms with van der Waals surface area (Å²) in [6, 6.07) is 0. The molecule has 0 heterocycles. The SMILES string of the molecule is C=C(CC(=O)OC1CC2CCC1(C)C2(C)C)C(=O)O. The van der Waals surface area contributed by atoms with Crippen LogP contribution in [-0.2, 0) is 14.3 Å². The Hall–Kier alpha value is -1.32. The highest BCUT2D eigenvalue weighted by atomic mass is 16.5. The highest BCUT2D eigenvalue weighted by Gasteiger charge is 2.62. The Bertz CT molecular complexity index is 437. The highest BCUT2D eigenvalue weighted by Crippen LogP contribution is 2.66. The van der Waals surface area contributed by atoms with Gasteiger partial charge < -0.3 is 9.84 Å². The number of aliphatic carboxylic acids is 1. The zero-order valence-corrected chi connectivity index (χ0v) is 11.9. The molecule has 0 amide bonds. The Morgan fingerprint density at radius 3 is 2.42 bits per heavy atom. The van der Waals surface area contributed by atoms with Crippen molar-refractivity contribution in [3.05, 3.63) is 12.2 Å². The summed E-state index contributed by atoms with van der Waals surface area (Å²) in [7, 11) is 0. The highest BCUT2D eigenvalue weighted by molar-refractivity contribution is 5.91. The van der Waals surface area contributed by atoms with Crippen LogP contribution in [-0.4, -0.2) is 23.1 Å². The van der Waals surface area contributed by atoms with Gasteiger partial charge in [0.2, 0.25) is 0 Å². The van der Waals surface area contributed by atoms with Crippen LogP contribution < -0.4 is 0 Å². The zero-order chi connectivity index (χ0) is 14.4. The van der Waals surface area contributed by atoms with E-state index in [4.69, 9.17) is 9.84 Å². The number of esters is 1. The largest absolute Gasteiger partial charge is 0.478 e. The quantitative estimate of drug-likeness (QED) is 0.627. The lowest BCUT2D eigenvalue weighted by atomic mass is 9.70. The molecule has 2 aliphatic rings. The van der Waals surface area contributed by atoms with Gasteiger partial charge in [-0.25, -0.2) is 4.79 Å². The number of hydrogen-bond acceptors (Lipinski definition) is 3. The summed E-state index contributed by atoms with van der Waals surface area (Å²) in [5.74, 6) is -1.02. The number of carbonyl (C=O) groups excluding carboxylic acids is 1. The number of rotatable bonds is 4. The maximum Gasteiger partial charge on any atom is 0.331 e. The van der Waals surface area contributed by atoms with E-state index in [2.05, 4.69) is 27.4 Å². The molecule has 4 nitrogen and oxygen atoms in total. The molecule has 3 unspecified atom stereocenters. The second-order valence-corrected chi connectivity index (χ2v) is 6.67. The molecule has 4 heteroatoms. The number of ether oxygens (including phenoxy) is 1.